The number of hydrogen-bond donors (Lipinski definition) is 1. The van der Waals surface area contributed by atoms with E-state index in [0.717, 1.165) is 6.42 Å². The molecule has 1 unspecified atom stereocenters. The molecule has 1 N–H and O–H groups in total. The van der Waals surface area contributed by atoms with Crippen LogP contribution in [0, 0.1) is 5.92 Å². The lowest BCUT2D eigenvalue weighted by atomic mass is 10.0. The molecule has 0 spiro atoms. The van der Waals surface area contributed by atoms with Gasteiger partial charge in [0.25, 0.3) is 0 Å². The van der Waals surface area contributed by atoms with Crippen LogP contribution in [-0.2, 0) is 14.3 Å². The molecule has 0 bridgehead atoms. The molecular formula is C14H28N2O3. The maximum absolute atomic E-state index is 12.2. The van der Waals surface area contributed by atoms with Gasteiger partial charge in [-0.2, -0.15) is 0 Å². The summed E-state index contributed by atoms with van der Waals surface area (Å²) in [5, 5.41) is 3.36. The average molecular weight is 272 g/mol. The minimum Gasteiger partial charge on any atom is -0.349 e. The normalized spacial score (nSPS) is 21.4. The highest BCUT2D eigenvalue weighted by atomic mass is 16.7. The Morgan fingerprint density at radius 1 is 1.32 bits per heavy atom. The second-order valence-electron chi connectivity index (χ2n) is 6.30. The predicted octanol–water partition coefficient (Wildman–Crippen LogP) is 1.23. The molecule has 1 rings (SSSR count). The summed E-state index contributed by atoms with van der Waals surface area (Å²) in [4.78, 5) is 13.8. The van der Waals surface area contributed by atoms with Crippen molar-refractivity contribution in [2.45, 2.75) is 52.0 Å². The first-order valence-corrected chi connectivity index (χ1v) is 6.96. The molecule has 1 fully saturated rings. The van der Waals surface area contributed by atoms with Gasteiger partial charge in [-0.05, 0) is 26.2 Å². The summed E-state index contributed by atoms with van der Waals surface area (Å²) in [7, 11) is 3.57. The Kier molecular flexibility index (Phi) is 5.77. The topological polar surface area (TPSA) is 50.8 Å². The summed E-state index contributed by atoms with van der Waals surface area (Å²) >= 11 is 0. The Morgan fingerprint density at radius 3 is 2.26 bits per heavy atom. The summed E-state index contributed by atoms with van der Waals surface area (Å²) in [6.45, 7) is 9.19. The second-order valence-corrected chi connectivity index (χ2v) is 6.30. The van der Waals surface area contributed by atoms with Crippen LogP contribution in [0.15, 0.2) is 0 Å². The van der Waals surface area contributed by atoms with Crippen LogP contribution >= 0.6 is 0 Å². The van der Waals surface area contributed by atoms with Crippen LogP contribution in [0.2, 0.25) is 0 Å². The SMILES string of the molecule is CC(C)CC(NC1COC(C)(C)OC1)C(=O)N(C)C. The molecule has 112 valence electrons. The summed E-state index contributed by atoms with van der Waals surface area (Å²) in [5.74, 6) is 0.0545. The van der Waals surface area contributed by atoms with E-state index in [1.165, 1.54) is 0 Å². The monoisotopic (exact) mass is 272 g/mol. The van der Waals surface area contributed by atoms with Crippen LogP contribution in [0.1, 0.15) is 34.1 Å². The van der Waals surface area contributed by atoms with Crippen molar-refractivity contribution in [1.82, 2.24) is 10.2 Å². The molecule has 0 aliphatic carbocycles. The molecule has 0 aromatic carbocycles. The number of likely N-dealkylation sites (N-methyl/N-ethyl adjacent to an activating group) is 1. The number of nitrogens with zero attached hydrogens (tertiary/aromatic N) is 1. The number of rotatable bonds is 5. The summed E-state index contributed by atoms with van der Waals surface area (Å²) in [6.07, 6.45) is 0.816. The Morgan fingerprint density at radius 2 is 1.84 bits per heavy atom. The van der Waals surface area contributed by atoms with Crippen LogP contribution in [0.5, 0.6) is 0 Å². The Bertz CT molecular complexity index is 293. The summed E-state index contributed by atoms with van der Waals surface area (Å²) < 4.78 is 11.2. The van der Waals surface area contributed by atoms with E-state index in [-0.39, 0.29) is 18.0 Å². The smallest absolute Gasteiger partial charge is 0.239 e. The van der Waals surface area contributed by atoms with E-state index in [4.69, 9.17) is 9.47 Å². The van der Waals surface area contributed by atoms with Crippen molar-refractivity contribution in [3.63, 3.8) is 0 Å². The molecule has 1 aliphatic heterocycles. The zero-order valence-corrected chi connectivity index (χ0v) is 13.0. The van der Waals surface area contributed by atoms with Crippen molar-refractivity contribution in [1.29, 1.82) is 0 Å². The molecule has 1 saturated heterocycles. The van der Waals surface area contributed by atoms with Gasteiger partial charge in [0, 0.05) is 14.1 Å². The minimum absolute atomic E-state index is 0.0701. The number of carbonyl (C=O) groups is 1. The average Bonchev–Trinajstić information content (AvgIpc) is 2.29. The van der Waals surface area contributed by atoms with Crippen molar-refractivity contribution in [3.8, 4) is 0 Å². The highest BCUT2D eigenvalue weighted by molar-refractivity contribution is 5.81. The zero-order valence-electron chi connectivity index (χ0n) is 13.0. The molecule has 0 aromatic heterocycles. The lowest BCUT2D eigenvalue weighted by Crippen LogP contribution is -2.55. The maximum atomic E-state index is 12.2. The molecule has 1 aliphatic rings. The van der Waals surface area contributed by atoms with Crippen molar-refractivity contribution >= 4 is 5.91 Å². The molecular weight excluding hydrogens is 244 g/mol. The first-order valence-electron chi connectivity index (χ1n) is 6.96. The number of hydrogen-bond acceptors (Lipinski definition) is 4. The fourth-order valence-corrected chi connectivity index (χ4v) is 2.10. The van der Waals surface area contributed by atoms with Gasteiger partial charge in [-0.1, -0.05) is 13.8 Å². The van der Waals surface area contributed by atoms with Crippen LogP contribution < -0.4 is 5.32 Å². The van der Waals surface area contributed by atoms with E-state index in [2.05, 4.69) is 19.2 Å². The third-order valence-corrected chi connectivity index (χ3v) is 3.15. The standard InChI is InChI=1S/C14H28N2O3/c1-10(2)7-12(13(17)16(5)6)15-11-8-18-14(3,4)19-9-11/h10-12,15H,7-9H2,1-6H3. The predicted molar refractivity (Wildman–Crippen MR) is 74.8 cm³/mol. The van der Waals surface area contributed by atoms with Crippen molar-refractivity contribution in [3.05, 3.63) is 0 Å². The van der Waals surface area contributed by atoms with Crippen molar-refractivity contribution < 1.29 is 14.3 Å². The van der Waals surface area contributed by atoms with E-state index in [9.17, 15) is 4.79 Å². The molecule has 1 heterocycles. The van der Waals surface area contributed by atoms with Crippen molar-refractivity contribution in [2.75, 3.05) is 27.3 Å². The molecule has 5 nitrogen and oxygen atoms in total. The Hall–Kier alpha value is -0.650. The van der Waals surface area contributed by atoms with Gasteiger partial charge in [0.1, 0.15) is 0 Å². The zero-order chi connectivity index (χ0) is 14.6. The van der Waals surface area contributed by atoms with Crippen molar-refractivity contribution in [2.24, 2.45) is 5.92 Å². The lowest BCUT2D eigenvalue weighted by Gasteiger charge is -2.37. The lowest BCUT2D eigenvalue weighted by molar-refractivity contribution is -0.253. The molecule has 1 amide bonds. The largest absolute Gasteiger partial charge is 0.349 e. The first-order chi connectivity index (χ1) is 8.71. The second kappa shape index (κ2) is 6.68. The third-order valence-electron chi connectivity index (χ3n) is 3.15. The highest BCUT2D eigenvalue weighted by Crippen LogP contribution is 2.18. The van der Waals surface area contributed by atoms with E-state index in [1.807, 2.05) is 13.8 Å². The van der Waals surface area contributed by atoms with Crippen LogP contribution in [0.25, 0.3) is 0 Å². The fourth-order valence-electron chi connectivity index (χ4n) is 2.10. The highest BCUT2D eigenvalue weighted by Gasteiger charge is 2.31. The number of ether oxygens (including phenoxy) is 2. The Labute approximate surface area is 116 Å². The molecule has 0 aromatic rings. The molecule has 0 radical (unpaired) electrons. The van der Waals surface area contributed by atoms with E-state index < -0.39 is 5.79 Å². The maximum Gasteiger partial charge on any atom is 0.239 e. The fraction of sp³-hybridized carbons (Fsp3) is 0.929. The van der Waals surface area contributed by atoms with Gasteiger partial charge in [-0.3, -0.25) is 10.1 Å². The van der Waals surface area contributed by atoms with Gasteiger partial charge in [0.15, 0.2) is 5.79 Å². The van der Waals surface area contributed by atoms with E-state index in [1.54, 1.807) is 19.0 Å². The van der Waals surface area contributed by atoms with E-state index in [0.29, 0.717) is 19.1 Å². The molecule has 1 atom stereocenters. The number of nitrogens with one attached hydrogen (secondary N) is 1. The van der Waals surface area contributed by atoms with Gasteiger partial charge in [0.05, 0.1) is 25.3 Å². The quantitative estimate of drug-likeness (QED) is 0.818. The number of amides is 1. The molecule has 5 heteroatoms. The van der Waals surface area contributed by atoms with Gasteiger partial charge >= 0.3 is 0 Å². The van der Waals surface area contributed by atoms with Crippen LogP contribution in [0.4, 0.5) is 0 Å². The number of carbonyl (C=O) groups excluding carboxylic acids is 1. The van der Waals surface area contributed by atoms with Gasteiger partial charge in [0.2, 0.25) is 5.91 Å². The minimum atomic E-state index is -0.517. The van der Waals surface area contributed by atoms with Gasteiger partial charge in [-0.15, -0.1) is 0 Å². The summed E-state index contributed by atoms with van der Waals surface area (Å²) in [6, 6.07) is -0.103. The van der Waals surface area contributed by atoms with E-state index >= 15 is 0 Å². The molecule has 19 heavy (non-hydrogen) atoms. The third kappa shape index (κ3) is 5.47. The van der Waals surface area contributed by atoms with Gasteiger partial charge < -0.3 is 14.4 Å². The molecule has 0 saturated carbocycles. The van der Waals surface area contributed by atoms with Crippen LogP contribution in [0.3, 0.4) is 0 Å². The van der Waals surface area contributed by atoms with Gasteiger partial charge in [-0.25, -0.2) is 0 Å². The Balaban J connectivity index is 2.55. The first kappa shape index (κ1) is 16.4. The van der Waals surface area contributed by atoms with Crippen LogP contribution in [-0.4, -0.2) is 56.0 Å². The summed E-state index contributed by atoms with van der Waals surface area (Å²) in [5.41, 5.74) is 0.